The van der Waals surface area contributed by atoms with Crippen LogP contribution in [0.15, 0.2) is 0 Å². The number of hydrogen-bond acceptors (Lipinski definition) is 4. The SMILES string of the molecule is Cc1[nH]nc(C(=O)NC(C)C2CCOC2)c1N. The summed E-state index contributed by atoms with van der Waals surface area (Å²) in [5, 5.41) is 9.51. The van der Waals surface area contributed by atoms with Crippen molar-refractivity contribution in [3.63, 3.8) is 0 Å². The van der Waals surface area contributed by atoms with Gasteiger partial charge in [0.25, 0.3) is 5.91 Å². The zero-order valence-corrected chi connectivity index (χ0v) is 10.1. The second kappa shape index (κ2) is 4.75. The molecule has 2 unspecified atom stereocenters. The molecule has 6 heteroatoms. The monoisotopic (exact) mass is 238 g/mol. The second-order valence-electron chi connectivity index (χ2n) is 4.50. The van der Waals surface area contributed by atoms with Crippen LogP contribution in [0.25, 0.3) is 0 Å². The molecule has 0 spiro atoms. The molecule has 1 aromatic heterocycles. The predicted octanol–water partition coefficient (Wildman–Crippen LogP) is 0.455. The van der Waals surface area contributed by atoms with E-state index in [1.165, 1.54) is 0 Å². The summed E-state index contributed by atoms with van der Waals surface area (Å²) < 4.78 is 5.30. The molecule has 17 heavy (non-hydrogen) atoms. The molecule has 94 valence electrons. The Balaban J connectivity index is 1.99. The number of nitrogens with two attached hydrogens (primary N) is 1. The van der Waals surface area contributed by atoms with Gasteiger partial charge in [0, 0.05) is 18.6 Å². The van der Waals surface area contributed by atoms with Crippen LogP contribution >= 0.6 is 0 Å². The number of aromatic nitrogens is 2. The number of hydrogen-bond donors (Lipinski definition) is 3. The minimum atomic E-state index is -0.230. The van der Waals surface area contributed by atoms with Gasteiger partial charge in [0.1, 0.15) is 0 Å². The number of nitrogens with one attached hydrogen (secondary N) is 2. The number of ether oxygens (including phenoxy) is 1. The van der Waals surface area contributed by atoms with E-state index in [1.54, 1.807) is 6.92 Å². The molecule has 1 aromatic rings. The number of aromatic amines is 1. The molecule has 0 aromatic carbocycles. The number of rotatable bonds is 3. The van der Waals surface area contributed by atoms with E-state index in [4.69, 9.17) is 10.5 Å². The van der Waals surface area contributed by atoms with E-state index < -0.39 is 0 Å². The number of H-pyrrole nitrogens is 1. The van der Waals surface area contributed by atoms with Crippen LogP contribution in [-0.2, 0) is 4.74 Å². The van der Waals surface area contributed by atoms with Crippen molar-refractivity contribution in [2.24, 2.45) is 5.92 Å². The van der Waals surface area contributed by atoms with Gasteiger partial charge < -0.3 is 15.8 Å². The van der Waals surface area contributed by atoms with E-state index in [0.717, 1.165) is 13.0 Å². The summed E-state index contributed by atoms with van der Waals surface area (Å²) in [5.41, 5.74) is 7.15. The average Bonchev–Trinajstić information content (AvgIpc) is 2.90. The number of aryl methyl sites for hydroxylation is 1. The summed E-state index contributed by atoms with van der Waals surface area (Å²) in [7, 11) is 0. The summed E-state index contributed by atoms with van der Waals surface area (Å²) in [5.74, 6) is 0.145. The lowest BCUT2D eigenvalue weighted by atomic mass is 10.0. The summed E-state index contributed by atoms with van der Waals surface area (Å²) in [6.07, 6.45) is 0.983. The molecule has 0 bridgehead atoms. The summed E-state index contributed by atoms with van der Waals surface area (Å²) >= 11 is 0. The van der Waals surface area contributed by atoms with E-state index in [0.29, 0.717) is 23.9 Å². The van der Waals surface area contributed by atoms with Gasteiger partial charge in [-0.1, -0.05) is 0 Å². The van der Waals surface area contributed by atoms with Gasteiger partial charge >= 0.3 is 0 Å². The lowest BCUT2D eigenvalue weighted by molar-refractivity contribution is 0.0918. The Morgan fingerprint density at radius 3 is 3.00 bits per heavy atom. The zero-order chi connectivity index (χ0) is 12.4. The first-order chi connectivity index (χ1) is 8.09. The number of carbonyl (C=O) groups is 1. The number of nitrogen functional groups attached to an aromatic ring is 1. The number of nitrogens with zero attached hydrogens (tertiary/aromatic N) is 1. The van der Waals surface area contributed by atoms with Gasteiger partial charge in [0.15, 0.2) is 5.69 Å². The van der Waals surface area contributed by atoms with Crippen molar-refractivity contribution < 1.29 is 9.53 Å². The molecule has 1 amide bonds. The minimum absolute atomic E-state index is 0.0707. The van der Waals surface area contributed by atoms with Crippen molar-refractivity contribution in [3.8, 4) is 0 Å². The molecule has 1 aliphatic heterocycles. The maximum absolute atomic E-state index is 11.9. The van der Waals surface area contributed by atoms with E-state index >= 15 is 0 Å². The smallest absolute Gasteiger partial charge is 0.274 e. The lowest BCUT2D eigenvalue weighted by Crippen LogP contribution is -2.38. The fraction of sp³-hybridized carbons (Fsp3) is 0.636. The van der Waals surface area contributed by atoms with Gasteiger partial charge in [-0.05, 0) is 20.3 Å². The van der Waals surface area contributed by atoms with Crippen LogP contribution in [-0.4, -0.2) is 35.4 Å². The molecule has 2 heterocycles. The van der Waals surface area contributed by atoms with Gasteiger partial charge in [-0.3, -0.25) is 9.89 Å². The Morgan fingerprint density at radius 2 is 2.47 bits per heavy atom. The molecule has 1 fully saturated rings. The summed E-state index contributed by atoms with van der Waals surface area (Å²) in [6, 6.07) is 0.0707. The number of amides is 1. The van der Waals surface area contributed by atoms with Gasteiger partial charge in [0.2, 0.25) is 0 Å². The molecule has 2 rings (SSSR count). The fourth-order valence-electron chi connectivity index (χ4n) is 1.95. The quantitative estimate of drug-likeness (QED) is 0.713. The first-order valence-corrected chi connectivity index (χ1v) is 5.78. The lowest BCUT2D eigenvalue weighted by Gasteiger charge is -2.18. The van der Waals surface area contributed by atoms with Gasteiger partial charge in [-0.25, -0.2) is 0 Å². The highest BCUT2D eigenvalue weighted by Gasteiger charge is 2.25. The van der Waals surface area contributed by atoms with Crippen molar-refractivity contribution in [1.29, 1.82) is 0 Å². The van der Waals surface area contributed by atoms with Crippen molar-refractivity contribution in [1.82, 2.24) is 15.5 Å². The molecule has 0 radical (unpaired) electrons. The Hall–Kier alpha value is -1.56. The molecule has 4 N–H and O–H groups in total. The Kier molecular flexibility index (Phi) is 3.33. The van der Waals surface area contributed by atoms with Crippen LogP contribution < -0.4 is 11.1 Å². The van der Waals surface area contributed by atoms with Crippen LogP contribution in [0.2, 0.25) is 0 Å². The fourth-order valence-corrected chi connectivity index (χ4v) is 1.95. The molecule has 6 nitrogen and oxygen atoms in total. The first kappa shape index (κ1) is 11.9. The standard InChI is InChI=1S/C11H18N4O2/c1-6(8-3-4-17-5-8)13-11(16)10-9(12)7(2)14-15-10/h6,8H,3-5,12H2,1-2H3,(H,13,16)(H,14,15). The van der Waals surface area contributed by atoms with Crippen molar-refractivity contribution in [2.45, 2.75) is 26.3 Å². The highest BCUT2D eigenvalue weighted by atomic mass is 16.5. The average molecular weight is 238 g/mol. The van der Waals surface area contributed by atoms with Crippen LogP contribution in [0.3, 0.4) is 0 Å². The molecular formula is C11H18N4O2. The summed E-state index contributed by atoms with van der Waals surface area (Å²) in [6.45, 7) is 5.24. The van der Waals surface area contributed by atoms with E-state index in [2.05, 4.69) is 15.5 Å². The summed E-state index contributed by atoms with van der Waals surface area (Å²) in [4.78, 5) is 11.9. The molecule has 0 saturated carbocycles. The third kappa shape index (κ3) is 2.41. The van der Waals surface area contributed by atoms with E-state index in [9.17, 15) is 4.79 Å². The molecule has 2 atom stereocenters. The van der Waals surface area contributed by atoms with Crippen LogP contribution in [0.4, 0.5) is 5.69 Å². The second-order valence-corrected chi connectivity index (χ2v) is 4.50. The number of carbonyl (C=O) groups excluding carboxylic acids is 1. The van der Waals surface area contributed by atoms with E-state index in [1.807, 2.05) is 6.92 Å². The topological polar surface area (TPSA) is 93.0 Å². The number of anilines is 1. The van der Waals surface area contributed by atoms with Crippen LogP contribution in [0.1, 0.15) is 29.5 Å². The molecule has 1 aliphatic rings. The Bertz CT molecular complexity index is 410. The maximum atomic E-state index is 11.9. The van der Waals surface area contributed by atoms with Crippen molar-refractivity contribution >= 4 is 11.6 Å². The van der Waals surface area contributed by atoms with Gasteiger partial charge in [-0.2, -0.15) is 5.10 Å². The normalized spacial score (nSPS) is 21.4. The largest absolute Gasteiger partial charge is 0.395 e. The highest BCUT2D eigenvalue weighted by Crippen LogP contribution is 2.18. The molecular weight excluding hydrogens is 220 g/mol. The molecule has 1 saturated heterocycles. The van der Waals surface area contributed by atoms with E-state index in [-0.39, 0.29) is 17.6 Å². The third-order valence-electron chi connectivity index (χ3n) is 3.24. The van der Waals surface area contributed by atoms with Crippen LogP contribution in [0.5, 0.6) is 0 Å². The first-order valence-electron chi connectivity index (χ1n) is 5.78. The molecule has 0 aliphatic carbocycles. The Labute approximate surface area is 99.9 Å². The minimum Gasteiger partial charge on any atom is -0.395 e. The maximum Gasteiger partial charge on any atom is 0.274 e. The van der Waals surface area contributed by atoms with Crippen molar-refractivity contribution in [2.75, 3.05) is 18.9 Å². The highest BCUT2D eigenvalue weighted by molar-refractivity contribution is 5.97. The van der Waals surface area contributed by atoms with Crippen LogP contribution in [0, 0.1) is 12.8 Å². The van der Waals surface area contributed by atoms with Crippen molar-refractivity contribution in [3.05, 3.63) is 11.4 Å². The zero-order valence-electron chi connectivity index (χ0n) is 10.1. The Morgan fingerprint density at radius 1 is 1.71 bits per heavy atom. The third-order valence-corrected chi connectivity index (χ3v) is 3.24. The van der Waals surface area contributed by atoms with Gasteiger partial charge in [-0.15, -0.1) is 0 Å². The van der Waals surface area contributed by atoms with Gasteiger partial charge in [0.05, 0.1) is 18.0 Å². The predicted molar refractivity (Wildman–Crippen MR) is 63.6 cm³/mol.